The van der Waals surface area contributed by atoms with Crippen LogP contribution in [0, 0.1) is 0 Å². The molecule has 3 atom stereocenters. The predicted molar refractivity (Wildman–Crippen MR) is 108 cm³/mol. The molecule has 29 heavy (non-hydrogen) atoms. The van der Waals surface area contributed by atoms with Gasteiger partial charge in [0.1, 0.15) is 12.1 Å². The summed E-state index contributed by atoms with van der Waals surface area (Å²) in [6.07, 6.45) is 6.51. The molecular formula is C18H33N7O4. The first kappa shape index (κ1) is 24.5. The Balaban J connectivity index is 2.73. The van der Waals surface area contributed by atoms with Crippen molar-refractivity contribution in [2.24, 2.45) is 17.2 Å². The summed E-state index contributed by atoms with van der Waals surface area (Å²) < 4.78 is 0. The predicted octanol–water partition coefficient (Wildman–Crippen LogP) is -1.41. The Hall–Kier alpha value is -2.50. The van der Waals surface area contributed by atoms with E-state index in [1.165, 1.54) is 12.5 Å². The maximum atomic E-state index is 12.7. The molecule has 164 valence electrons. The van der Waals surface area contributed by atoms with Gasteiger partial charge in [0.25, 0.3) is 0 Å². The Kier molecular flexibility index (Phi) is 11.5. The van der Waals surface area contributed by atoms with Crippen LogP contribution in [0.2, 0.25) is 0 Å². The van der Waals surface area contributed by atoms with Gasteiger partial charge in [0.05, 0.1) is 12.4 Å². The van der Waals surface area contributed by atoms with Crippen LogP contribution in [0.25, 0.3) is 0 Å². The summed E-state index contributed by atoms with van der Waals surface area (Å²) in [4.78, 5) is 43.2. The second-order valence-electron chi connectivity index (χ2n) is 6.92. The van der Waals surface area contributed by atoms with Crippen molar-refractivity contribution in [1.29, 1.82) is 0 Å². The number of aromatic amines is 1. The van der Waals surface area contributed by atoms with Crippen molar-refractivity contribution in [3.63, 3.8) is 0 Å². The zero-order chi connectivity index (χ0) is 21.6. The Morgan fingerprint density at radius 3 is 2.17 bits per heavy atom. The number of amides is 2. The fraction of sp³-hybridized carbons (Fsp3) is 0.667. The molecule has 1 rings (SSSR count). The lowest BCUT2D eigenvalue weighted by molar-refractivity contribution is -0.142. The van der Waals surface area contributed by atoms with Crippen LogP contribution in [-0.2, 0) is 20.8 Å². The normalized spacial score (nSPS) is 14.0. The number of aliphatic carboxylic acids is 1. The van der Waals surface area contributed by atoms with E-state index in [4.69, 9.17) is 17.2 Å². The first-order valence-corrected chi connectivity index (χ1v) is 9.85. The molecule has 0 aliphatic carbocycles. The molecule has 11 nitrogen and oxygen atoms in total. The van der Waals surface area contributed by atoms with Gasteiger partial charge in [0.2, 0.25) is 11.8 Å². The number of aromatic nitrogens is 2. The molecule has 10 N–H and O–H groups in total. The maximum absolute atomic E-state index is 12.7. The minimum atomic E-state index is -1.18. The highest BCUT2D eigenvalue weighted by Gasteiger charge is 2.28. The molecule has 1 aromatic rings. The van der Waals surface area contributed by atoms with Crippen molar-refractivity contribution >= 4 is 17.8 Å². The molecular weight excluding hydrogens is 378 g/mol. The number of rotatable bonds is 15. The lowest BCUT2D eigenvalue weighted by Crippen LogP contribution is -2.54. The molecule has 0 saturated heterocycles. The molecule has 2 amide bonds. The molecule has 0 saturated carbocycles. The number of carbonyl (C=O) groups is 3. The Labute approximate surface area is 170 Å². The molecule has 0 radical (unpaired) electrons. The van der Waals surface area contributed by atoms with Crippen LogP contribution in [-0.4, -0.2) is 64.1 Å². The van der Waals surface area contributed by atoms with Crippen molar-refractivity contribution in [2.75, 3.05) is 13.1 Å². The first-order chi connectivity index (χ1) is 13.9. The molecule has 0 aliphatic heterocycles. The molecule has 3 unspecified atom stereocenters. The highest BCUT2D eigenvalue weighted by molar-refractivity contribution is 5.91. The SMILES string of the molecule is NCCCCC(N)C(=O)NC(CCCCN)C(=O)NC(Cc1cnc[nH]1)C(=O)O. The average Bonchev–Trinajstić information content (AvgIpc) is 3.19. The molecule has 0 bridgehead atoms. The summed E-state index contributed by atoms with van der Waals surface area (Å²) in [5.41, 5.74) is 17.4. The van der Waals surface area contributed by atoms with E-state index in [9.17, 15) is 19.5 Å². The van der Waals surface area contributed by atoms with Gasteiger partial charge in [0, 0.05) is 18.3 Å². The molecule has 0 spiro atoms. The number of nitrogens with two attached hydrogens (primary N) is 3. The number of hydrogen-bond donors (Lipinski definition) is 7. The van der Waals surface area contributed by atoms with Crippen LogP contribution in [0.15, 0.2) is 12.5 Å². The van der Waals surface area contributed by atoms with Gasteiger partial charge in [-0.15, -0.1) is 0 Å². The van der Waals surface area contributed by atoms with Crippen molar-refractivity contribution in [3.05, 3.63) is 18.2 Å². The van der Waals surface area contributed by atoms with Crippen LogP contribution in [0.4, 0.5) is 0 Å². The third-order valence-corrected chi connectivity index (χ3v) is 4.48. The summed E-state index contributed by atoms with van der Waals surface area (Å²) in [7, 11) is 0. The van der Waals surface area contributed by atoms with Crippen molar-refractivity contribution in [2.45, 2.75) is 63.1 Å². The van der Waals surface area contributed by atoms with Gasteiger partial charge in [-0.3, -0.25) is 9.59 Å². The fourth-order valence-electron chi connectivity index (χ4n) is 2.77. The molecule has 1 aromatic heterocycles. The number of hydrogen-bond acceptors (Lipinski definition) is 7. The number of nitrogens with zero attached hydrogens (tertiary/aromatic N) is 1. The van der Waals surface area contributed by atoms with Gasteiger partial charge in [-0.1, -0.05) is 6.42 Å². The summed E-state index contributed by atoms with van der Waals surface area (Å²) in [5.74, 6) is -2.20. The number of unbranched alkanes of at least 4 members (excludes halogenated alkanes) is 2. The number of carboxylic acids is 1. The van der Waals surface area contributed by atoms with E-state index in [2.05, 4.69) is 20.6 Å². The Morgan fingerprint density at radius 1 is 1.00 bits per heavy atom. The van der Waals surface area contributed by atoms with Crippen molar-refractivity contribution < 1.29 is 19.5 Å². The first-order valence-electron chi connectivity index (χ1n) is 9.85. The molecule has 0 fully saturated rings. The van der Waals surface area contributed by atoms with E-state index >= 15 is 0 Å². The number of H-pyrrole nitrogens is 1. The summed E-state index contributed by atoms with van der Waals surface area (Å²) in [5, 5.41) is 14.6. The quantitative estimate of drug-likeness (QED) is 0.170. The summed E-state index contributed by atoms with van der Waals surface area (Å²) in [6, 6.07) is -2.81. The highest BCUT2D eigenvalue weighted by atomic mass is 16.4. The lowest BCUT2D eigenvalue weighted by atomic mass is 10.0. The second kappa shape index (κ2) is 13.6. The molecule has 0 aliphatic rings. The van der Waals surface area contributed by atoms with Gasteiger partial charge in [-0.25, -0.2) is 9.78 Å². The minimum absolute atomic E-state index is 0.0448. The zero-order valence-electron chi connectivity index (χ0n) is 16.6. The third-order valence-electron chi connectivity index (χ3n) is 4.48. The lowest BCUT2D eigenvalue weighted by Gasteiger charge is -2.23. The topological polar surface area (TPSA) is 202 Å². The molecule has 0 aromatic carbocycles. The fourth-order valence-corrected chi connectivity index (χ4v) is 2.77. The number of imidazole rings is 1. The summed E-state index contributed by atoms with van der Waals surface area (Å²) >= 11 is 0. The molecule has 11 heteroatoms. The smallest absolute Gasteiger partial charge is 0.326 e. The third kappa shape index (κ3) is 9.50. The van der Waals surface area contributed by atoms with E-state index < -0.39 is 35.9 Å². The van der Waals surface area contributed by atoms with Gasteiger partial charge < -0.3 is 37.9 Å². The monoisotopic (exact) mass is 411 g/mol. The second-order valence-corrected chi connectivity index (χ2v) is 6.92. The highest BCUT2D eigenvalue weighted by Crippen LogP contribution is 2.06. The van der Waals surface area contributed by atoms with Gasteiger partial charge in [-0.05, 0) is 45.2 Å². The van der Waals surface area contributed by atoms with E-state index in [-0.39, 0.29) is 6.42 Å². The Bertz CT molecular complexity index is 624. The van der Waals surface area contributed by atoms with E-state index in [1.54, 1.807) is 0 Å². The van der Waals surface area contributed by atoms with E-state index in [0.29, 0.717) is 50.9 Å². The van der Waals surface area contributed by atoms with Crippen LogP contribution in [0.3, 0.4) is 0 Å². The number of nitrogens with one attached hydrogen (secondary N) is 3. The maximum Gasteiger partial charge on any atom is 0.326 e. The van der Waals surface area contributed by atoms with Crippen LogP contribution >= 0.6 is 0 Å². The largest absolute Gasteiger partial charge is 0.480 e. The van der Waals surface area contributed by atoms with Crippen LogP contribution in [0.1, 0.15) is 44.2 Å². The number of carbonyl (C=O) groups excluding carboxylic acids is 2. The summed E-state index contributed by atoms with van der Waals surface area (Å²) in [6.45, 7) is 0.976. The minimum Gasteiger partial charge on any atom is -0.480 e. The van der Waals surface area contributed by atoms with Gasteiger partial charge in [0.15, 0.2) is 0 Å². The zero-order valence-corrected chi connectivity index (χ0v) is 16.6. The van der Waals surface area contributed by atoms with Crippen LogP contribution < -0.4 is 27.8 Å². The van der Waals surface area contributed by atoms with Crippen molar-refractivity contribution in [3.8, 4) is 0 Å². The standard InChI is InChI=1S/C18H33N7O4/c19-7-3-1-5-13(21)16(26)24-14(6-2-4-8-20)17(27)25-15(18(28)29)9-12-10-22-11-23-12/h10-11,13-15H,1-9,19-21H2,(H,22,23)(H,24,26)(H,25,27)(H,28,29). The van der Waals surface area contributed by atoms with E-state index in [0.717, 1.165) is 6.42 Å². The van der Waals surface area contributed by atoms with Gasteiger partial charge >= 0.3 is 5.97 Å². The Morgan fingerprint density at radius 2 is 1.62 bits per heavy atom. The van der Waals surface area contributed by atoms with Gasteiger partial charge in [-0.2, -0.15) is 0 Å². The van der Waals surface area contributed by atoms with E-state index in [1.807, 2.05) is 0 Å². The van der Waals surface area contributed by atoms with Crippen LogP contribution in [0.5, 0.6) is 0 Å². The average molecular weight is 412 g/mol. The van der Waals surface area contributed by atoms with Crippen molar-refractivity contribution in [1.82, 2.24) is 20.6 Å². The molecule has 1 heterocycles. The number of carboxylic acid groups (broad SMARTS) is 1.